The van der Waals surface area contributed by atoms with Crippen LogP contribution in [0, 0.1) is 0 Å². The van der Waals surface area contributed by atoms with Gasteiger partial charge in [0.05, 0.1) is 0 Å². The zero-order valence-corrected chi connectivity index (χ0v) is 16.3. The van der Waals surface area contributed by atoms with E-state index < -0.39 is 0 Å². The van der Waals surface area contributed by atoms with Crippen LogP contribution in [0.2, 0.25) is 0 Å². The lowest BCUT2D eigenvalue weighted by Gasteiger charge is -2.09. The van der Waals surface area contributed by atoms with Crippen LogP contribution in [0.4, 0.5) is 5.69 Å². The van der Waals surface area contributed by atoms with E-state index >= 15 is 0 Å². The minimum atomic E-state index is -0.162. The molecule has 1 amide bonds. The molecule has 5 aromatic rings. The lowest BCUT2D eigenvalue weighted by atomic mass is 10.0. The van der Waals surface area contributed by atoms with E-state index in [1.54, 1.807) is 53.5 Å². The van der Waals surface area contributed by atoms with E-state index in [-0.39, 0.29) is 5.91 Å². The van der Waals surface area contributed by atoms with Crippen molar-refractivity contribution in [3.63, 3.8) is 0 Å². The average molecular weight is 407 g/mol. The van der Waals surface area contributed by atoms with Gasteiger partial charge in [0.2, 0.25) is 5.88 Å². The first-order chi connectivity index (χ1) is 15.3. The Morgan fingerprint density at radius 3 is 2.45 bits per heavy atom. The van der Waals surface area contributed by atoms with Gasteiger partial charge in [0.1, 0.15) is 5.75 Å². The van der Waals surface area contributed by atoms with Gasteiger partial charge in [0.15, 0.2) is 5.82 Å². The third-order valence-electron chi connectivity index (χ3n) is 4.73. The smallest absolute Gasteiger partial charge is 0.256 e. The number of hydrogen-bond donors (Lipinski definition) is 1. The van der Waals surface area contributed by atoms with Gasteiger partial charge in [-0.3, -0.25) is 4.79 Å². The highest BCUT2D eigenvalue weighted by Gasteiger charge is 2.10. The number of rotatable bonds is 5. The molecule has 0 saturated heterocycles. The quantitative estimate of drug-likeness (QED) is 0.450. The van der Waals surface area contributed by atoms with Gasteiger partial charge in [-0.1, -0.05) is 36.4 Å². The van der Waals surface area contributed by atoms with Gasteiger partial charge in [0.25, 0.3) is 5.91 Å². The van der Waals surface area contributed by atoms with Gasteiger partial charge in [-0.05, 0) is 53.2 Å². The first-order valence-electron chi connectivity index (χ1n) is 9.67. The Hall–Kier alpha value is -4.52. The average Bonchev–Trinajstić information content (AvgIpc) is 3.35. The van der Waals surface area contributed by atoms with Crippen molar-refractivity contribution in [2.45, 2.75) is 0 Å². The highest BCUT2D eigenvalue weighted by molar-refractivity contribution is 6.12. The molecule has 31 heavy (non-hydrogen) atoms. The van der Waals surface area contributed by atoms with Gasteiger partial charge < -0.3 is 10.1 Å². The summed E-state index contributed by atoms with van der Waals surface area (Å²) in [4.78, 5) is 12.8. The molecule has 0 aliphatic rings. The number of fused-ring (bicyclic) bond motifs is 1. The van der Waals surface area contributed by atoms with Crippen LogP contribution in [0.3, 0.4) is 0 Å². The fraction of sp³-hybridized carbons (Fsp3) is 0. The van der Waals surface area contributed by atoms with E-state index in [2.05, 4.69) is 20.6 Å². The van der Waals surface area contributed by atoms with Crippen LogP contribution in [0.15, 0.2) is 97.3 Å². The molecule has 0 fully saturated rings. The predicted octanol–water partition coefficient (Wildman–Crippen LogP) is 4.86. The molecule has 7 nitrogen and oxygen atoms in total. The minimum absolute atomic E-state index is 0.162. The van der Waals surface area contributed by atoms with Crippen molar-refractivity contribution in [3.05, 3.63) is 103 Å². The first kappa shape index (κ1) is 18.5. The maximum absolute atomic E-state index is 12.8. The van der Waals surface area contributed by atoms with Crippen molar-refractivity contribution in [3.8, 4) is 17.4 Å². The molecule has 0 bridgehead atoms. The normalized spacial score (nSPS) is 10.7. The molecule has 0 radical (unpaired) electrons. The second-order valence-corrected chi connectivity index (χ2v) is 6.79. The second-order valence-electron chi connectivity index (χ2n) is 6.79. The van der Waals surface area contributed by atoms with Crippen molar-refractivity contribution in [1.82, 2.24) is 20.0 Å². The number of carbonyl (C=O) groups is 1. The fourth-order valence-electron chi connectivity index (χ4n) is 3.24. The number of carbonyl (C=O) groups excluding carboxylic acids is 1. The molecule has 1 N–H and O–H groups in total. The lowest BCUT2D eigenvalue weighted by molar-refractivity contribution is 0.102. The van der Waals surface area contributed by atoms with Crippen LogP contribution in [-0.4, -0.2) is 25.9 Å². The standard InChI is InChI=1S/C24H17N5O2/c30-24(21-8-3-6-17-5-1-2-7-20(17)21)26-18-9-11-19(12-10-18)31-23-14-13-22(27-28-23)29-16-4-15-25-29/h1-16H,(H,26,30). The Labute approximate surface area is 177 Å². The van der Waals surface area contributed by atoms with Crippen LogP contribution in [-0.2, 0) is 0 Å². The zero-order chi connectivity index (χ0) is 21.0. The second kappa shape index (κ2) is 8.08. The number of anilines is 1. The number of nitrogens with zero attached hydrogens (tertiary/aromatic N) is 4. The first-order valence-corrected chi connectivity index (χ1v) is 9.67. The van der Waals surface area contributed by atoms with Gasteiger partial charge in [0, 0.05) is 29.7 Å². The SMILES string of the molecule is O=C(Nc1ccc(Oc2ccc(-n3cccn3)nn2)cc1)c1cccc2ccccc12. The van der Waals surface area contributed by atoms with Gasteiger partial charge in [-0.2, -0.15) is 5.10 Å². The van der Waals surface area contributed by atoms with Crippen molar-refractivity contribution < 1.29 is 9.53 Å². The summed E-state index contributed by atoms with van der Waals surface area (Å²) < 4.78 is 7.35. The molecule has 0 atom stereocenters. The Morgan fingerprint density at radius 2 is 1.68 bits per heavy atom. The summed E-state index contributed by atoms with van der Waals surface area (Å²) in [6.45, 7) is 0. The monoisotopic (exact) mass is 407 g/mol. The van der Waals surface area contributed by atoms with E-state index in [4.69, 9.17) is 4.74 Å². The summed E-state index contributed by atoms with van der Waals surface area (Å²) in [6.07, 6.45) is 3.46. The Bertz CT molecular complexity index is 1330. The Balaban J connectivity index is 1.27. The number of ether oxygens (including phenoxy) is 1. The van der Waals surface area contributed by atoms with Crippen LogP contribution < -0.4 is 10.1 Å². The molecular formula is C24H17N5O2. The van der Waals surface area contributed by atoms with Crippen molar-refractivity contribution in [2.24, 2.45) is 0 Å². The van der Waals surface area contributed by atoms with Gasteiger partial charge in [-0.15, -0.1) is 10.2 Å². The van der Waals surface area contributed by atoms with Crippen LogP contribution >= 0.6 is 0 Å². The number of aromatic nitrogens is 4. The topological polar surface area (TPSA) is 81.9 Å². The molecule has 7 heteroatoms. The molecule has 150 valence electrons. The lowest BCUT2D eigenvalue weighted by Crippen LogP contribution is -2.12. The fourth-order valence-corrected chi connectivity index (χ4v) is 3.24. The number of hydrogen-bond acceptors (Lipinski definition) is 5. The molecule has 5 rings (SSSR count). The highest BCUT2D eigenvalue weighted by atomic mass is 16.5. The maximum atomic E-state index is 12.8. The molecule has 3 aromatic carbocycles. The third kappa shape index (κ3) is 3.97. The van der Waals surface area contributed by atoms with Crippen molar-refractivity contribution in [2.75, 3.05) is 5.32 Å². The molecule has 0 spiro atoms. The van der Waals surface area contributed by atoms with Crippen LogP contribution in [0.5, 0.6) is 11.6 Å². The predicted molar refractivity (Wildman–Crippen MR) is 118 cm³/mol. The minimum Gasteiger partial charge on any atom is -0.438 e. The third-order valence-corrected chi connectivity index (χ3v) is 4.73. The molecule has 2 heterocycles. The molecule has 0 unspecified atom stereocenters. The molecule has 0 aliphatic carbocycles. The maximum Gasteiger partial charge on any atom is 0.256 e. The van der Waals surface area contributed by atoms with E-state index in [9.17, 15) is 4.79 Å². The number of amides is 1. The Kier molecular flexibility index (Phi) is 4.82. The Morgan fingerprint density at radius 1 is 0.839 bits per heavy atom. The molecule has 2 aromatic heterocycles. The van der Waals surface area contributed by atoms with E-state index in [1.165, 1.54) is 0 Å². The van der Waals surface area contributed by atoms with E-state index in [0.717, 1.165) is 10.8 Å². The van der Waals surface area contributed by atoms with Crippen LogP contribution in [0.1, 0.15) is 10.4 Å². The molecule has 0 aliphatic heterocycles. The number of nitrogens with one attached hydrogen (secondary N) is 1. The summed E-state index contributed by atoms with van der Waals surface area (Å²) in [5, 5.41) is 17.2. The zero-order valence-electron chi connectivity index (χ0n) is 16.3. The van der Waals surface area contributed by atoms with E-state index in [1.807, 2.05) is 48.5 Å². The highest BCUT2D eigenvalue weighted by Crippen LogP contribution is 2.23. The van der Waals surface area contributed by atoms with Gasteiger partial charge >= 0.3 is 0 Å². The van der Waals surface area contributed by atoms with Crippen molar-refractivity contribution in [1.29, 1.82) is 0 Å². The summed E-state index contributed by atoms with van der Waals surface area (Å²) in [7, 11) is 0. The van der Waals surface area contributed by atoms with Crippen molar-refractivity contribution >= 4 is 22.4 Å². The molecule has 0 saturated carbocycles. The van der Waals surface area contributed by atoms with Gasteiger partial charge in [-0.25, -0.2) is 4.68 Å². The summed E-state index contributed by atoms with van der Waals surface area (Å²) >= 11 is 0. The summed E-state index contributed by atoms with van der Waals surface area (Å²) in [5.41, 5.74) is 1.30. The van der Waals surface area contributed by atoms with E-state index in [0.29, 0.717) is 28.7 Å². The van der Waals surface area contributed by atoms with Crippen LogP contribution in [0.25, 0.3) is 16.6 Å². The summed E-state index contributed by atoms with van der Waals surface area (Å²) in [6, 6.07) is 25.9. The summed E-state index contributed by atoms with van der Waals surface area (Å²) in [5.74, 6) is 1.39. The largest absolute Gasteiger partial charge is 0.438 e. The molecular weight excluding hydrogens is 390 g/mol. The number of benzene rings is 3.